The highest BCUT2D eigenvalue weighted by molar-refractivity contribution is 5.94. The number of amides is 3. The predicted octanol–water partition coefficient (Wildman–Crippen LogP) is 0.970. The van der Waals surface area contributed by atoms with Crippen molar-refractivity contribution in [2.75, 3.05) is 20.1 Å². The van der Waals surface area contributed by atoms with Crippen LogP contribution < -0.4 is 10.6 Å². The molecule has 0 unspecified atom stereocenters. The normalized spacial score (nSPS) is 10.4. The zero-order valence-corrected chi connectivity index (χ0v) is 15.9. The number of carbonyl (C=O) groups is 3. The van der Waals surface area contributed by atoms with Gasteiger partial charge in [-0.15, -0.1) is 0 Å². The molecule has 0 spiro atoms. The second-order valence-corrected chi connectivity index (χ2v) is 6.32. The molecule has 150 valence electrons. The van der Waals surface area contributed by atoms with E-state index in [0.29, 0.717) is 6.54 Å². The molecule has 2 heterocycles. The Morgan fingerprint density at radius 3 is 2.59 bits per heavy atom. The highest BCUT2D eigenvalue weighted by Crippen LogP contribution is 2.09. The lowest BCUT2D eigenvalue weighted by atomic mass is 10.3. The number of nitrogens with zero attached hydrogens (tertiary/aromatic N) is 3. The Kier molecular flexibility index (Phi) is 6.41. The Bertz CT molecular complexity index is 966. The van der Waals surface area contributed by atoms with Gasteiger partial charge in [-0.2, -0.15) is 5.10 Å². The molecule has 29 heavy (non-hydrogen) atoms. The molecular formula is C20H21N5O4. The van der Waals surface area contributed by atoms with Crippen molar-refractivity contribution < 1.29 is 18.8 Å². The molecule has 2 N–H and O–H groups in total. The smallest absolute Gasteiger partial charge is 0.287 e. The average molecular weight is 395 g/mol. The van der Waals surface area contributed by atoms with Gasteiger partial charge in [-0.1, -0.05) is 18.2 Å². The molecule has 0 atom stereocenters. The number of nitrogens with one attached hydrogen (secondary N) is 2. The fourth-order valence-electron chi connectivity index (χ4n) is 2.55. The maximum atomic E-state index is 12.2. The van der Waals surface area contributed by atoms with Gasteiger partial charge in [0.05, 0.1) is 31.2 Å². The van der Waals surface area contributed by atoms with Gasteiger partial charge in [-0.3, -0.25) is 14.4 Å². The van der Waals surface area contributed by atoms with Crippen LogP contribution in [0.5, 0.6) is 0 Å². The summed E-state index contributed by atoms with van der Waals surface area (Å²) in [4.78, 5) is 37.2. The first-order valence-electron chi connectivity index (χ1n) is 8.94. The van der Waals surface area contributed by atoms with Crippen molar-refractivity contribution in [3.05, 3.63) is 72.4 Å². The summed E-state index contributed by atoms with van der Waals surface area (Å²) >= 11 is 0. The monoisotopic (exact) mass is 395 g/mol. The van der Waals surface area contributed by atoms with E-state index in [0.717, 1.165) is 11.3 Å². The summed E-state index contributed by atoms with van der Waals surface area (Å²) in [6.45, 7) is -0.0596. The number of likely N-dealkylation sites (N-methyl/N-ethyl adjacent to an activating group) is 1. The molecule has 3 aromatic rings. The number of para-hydroxylation sites is 1. The van der Waals surface area contributed by atoms with E-state index in [9.17, 15) is 14.4 Å². The topological polar surface area (TPSA) is 109 Å². The molecule has 0 bridgehead atoms. The highest BCUT2D eigenvalue weighted by Gasteiger charge is 2.14. The summed E-state index contributed by atoms with van der Waals surface area (Å²) in [7, 11) is 1.65. The quantitative estimate of drug-likeness (QED) is 0.591. The molecule has 3 amide bonds. The zero-order valence-electron chi connectivity index (χ0n) is 15.9. The number of furan rings is 1. The highest BCUT2D eigenvalue weighted by atomic mass is 16.3. The van der Waals surface area contributed by atoms with Crippen LogP contribution in [0.3, 0.4) is 0 Å². The standard InChI is InChI=1S/C20H21N5O4/c1-24(13-15-10-23-25(14-15)16-6-3-2-4-7-16)19(27)12-21-18(26)11-22-20(28)17-8-5-9-29-17/h2-10,14H,11-13H2,1H3,(H,21,26)(H,22,28). The van der Waals surface area contributed by atoms with Gasteiger partial charge in [0, 0.05) is 25.4 Å². The molecule has 0 saturated carbocycles. The van der Waals surface area contributed by atoms with Crippen LogP contribution in [0.1, 0.15) is 16.1 Å². The van der Waals surface area contributed by atoms with Gasteiger partial charge < -0.3 is 20.0 Å². The summed E-state index contributed by atoms with van der Waals surface area (Å²) in [5.41, 5.74) is 1.79. The fraction of sp³-hybridized carbons (Fsp3) is 0.200. The van der Waals surface area contributed by atoms with Crippen LogP contribution >= 0.6 is 0 Å². The zero-order chi connectivity index (χ0) is 20.6. The number of hydrogen-bond acceptors (Lipinski definition) is 5. The lowest BCUT2D eigenvalue weighted by molar-refractivity contribution is -0.132. The number of benzene rings is 1. The number of rotatable bonds is 8. The third-order valence-corrected chi connectivity index (χ3v) is 4.09. The van der Waals surface area contributed by atoms with Gasteiger partial charge in [-0.25, -0.2) is 4.68 Å². The van der Waals surface area contributed by atoms with Crippen molar-refractivity contribution in [1.29, 1.82) is 0 Å². The van der Waals surface area contributed by atoms with E-state index in [4.69, 9.17) is 4.42 Å². The van der Waals surface area contributed by atoms with Crippen LogP contribution in [0.25, 0.3) is 5.69 Å². The maximum Gasteiger partial charge on any atom is 0.287 e. The van der Waals surface area contributed by atoms with Crippen LogP contribution in [0.4, 0.5) is 0 Å². The van der Waals surface area contributed by atoms with E-state index in [1.807, 2.05) is 36.5 Å². The van der Waals surface area contributed by atoms with Crippen LogP contribution in [-0.2, 0) is 16.1 Å². The molecule has 0 aliphatic heterocycles. The van der Waals surface area contributed by atoms with E-state index in [1.54, 1.807) is 24.0 Å². The average Bonchev–Trinajstić information content (AvgIpc) is 3.43. The van der Waals surface area contributed by atoms with Gasteiger partial charge in [0.2, 0.25) is 11.8 Å². The van der Waals surface area contributed by atoms with Gasteiger partial charge in [-0.05, 0) is 24.3 Å². The first-order chi connectivity index (χ1) is 14.0. The molecule has 0 aliphatic carbocycles. The first kappa shape index (κ1) is 19.9. The summed E-state index contributed by atoms with van der Waals surface area (Å²) < 4.78 is 6.67. The van der Waals surface area contributed by atoms with Crippen molar-refractivity contribution in [3.8, 4) is 5.69 Å². The maximum absolute atomic E-state index is 12.2. The molecule has 9 nitrogen and oxygen atoms in total. The largest absolute Gasteiger partial charge is 0.459 e. The molecule has 0 radical (unpaired) electrons. The summed E-state index contributed by atoms with van der Waals surface area (Å²) in [6.07, 6.45) is 4.91. The second-order valence-electron chi connectivity index (χ2n) is 6.32. The first-order valence-corrected chi connectivity index (χ1v) is 8.94. The van der Waals surface area contributed by atoms with Gasteiger partial charge >= 0.3 is 0 Å². The summed E-state index contributed by atoms with van der Waals surface area (Å²) in [6, 6.07) is 12.7. The Morgan fingerprint density at radius 2 is 1.86 bits per heavy atom. The minimum Gasteiger partial charge on any atom is -0.459 e. The number of carbonyl (C=O) groups excluding carboxylic acids is 3. The van der Waals surface area contributed by atoms with Crippen molar-refractivity contribution in [1.82, 2.24) is 25.3 Å². The van der Waals surface area contributed by atoms with Crippen molar-refractivity contribution in [2.45, 2.75) is 6.54 Å². The van der Waals surface area contributed by atoms with Crippen LogP contribution in [0.2, 0.25) is 0 Å². The van der Waals surface area contributed by atoms with E-state index in [2.05, 4.69) is 15.7 Å². The SMILES string of the molecule is CN(Cc1cnn(-c2ccccc2)c1)C(=O)CNC(=O)CNC(=O)c1ccco1. The van der Waals surface area contributed by atoms with Gasteiger partial charge in [0.1, 0.15) is 0 Å². The minimum absolute atomic E-state index is 0.115. The lowest BCUT2D eigenvalue weighted by Gasteiger charge is -2.16. The Hall–Kier alpha value is -3.88. The fourth-order valence-corrected chi connectivity index (χ4v) is 2.55. The Morgan fingerprint density at radius 1 is 1.07 bits per heavy atom. The van der Waals surface area contributed by atoms with Crippen molar-refractivity contribution in [3.63, 3.8) is 0 Å². The molecule has 1 aromatic carbocycles. The van der Waals surface area contributed by atoms with E-state index in [1.165, 1.54) is 17.2 Å². The van der Waals surface area contributed by atoms with Crippen molar-refractivity contribution in [2.24, 2.45) is 0 Å². The van der Waals surface area contributed by atoms with Crippen LogP contribution in [0.15, 0.2) is 65.5 Å². The van der Waals surface area contributed by atoms with E-state index in [-0.39, 0.29) is 24.8 Å². The number of hydrogen-bond donors (Lipinski definition) is 2. The summed E-state index contributed by atoms with van der Waals surface area (Å²) in [5.74, 6) is -1.11. The lowest BCUT2D eigenvalue weighted by Crippen LogP contribution is -2.42. The molecule has 9 heteroatoms. The summed E-state index contributed by atoms with van der Waals surface area (Å²) in [5, 5.41) is 9.20. The molecule has 0 saturated heterocycles. The Balaban J connectivity index is 1.42. The molecule has 0 fully saturated rings. The molecular weight excluding hydrogens is 374 g/mol. The predicted molar refractivity (Wildman–Crippen MR) is 104 cm³/mol. The minimum atomic E-state index is -0.496. The van der Waals surface area contributed by atoms with Crippen molar-refractivity contribution >= 4 is 17.7 Å². The molecule has 2 aromatic heterocycles. The number of aromatic nitrogens is 2. The molecule has 0 aliphatic rings. The van der Waals surface area contributed by atoms with Gasteiger partial charge in [0.25, 0.3) is 5.91 Å². The van der Waals surface area contributed by atoms with Gasteiger partial charge in [0.15, 0.2) is 5.76 Å². The Labute approximate surface area is 167 Å². The molecule has 3 rings (SSSR count). The second kappa shape index (κ2) is 9.36. The van der Waals surface area contributed by atoms with E-state index >= 15 is 0 Å². The van der Waals surface area contributed by atoms with E-state index < -0.39 is 11.8 Å². The van der Waals surface area contributed by atoms with Crippen LogP contribution in [0, 0.1) is 0 Å². The third-order valence-electron chi connectivity index (χ3n) is 4.09. The van der Waals surface area contributed by atoms with Crippen LogP contribution in [-0.4, -0.2) is 52.5 Å². The third kappa shape index (κ3) is 5.55.